The number of unbranched alkanes of at least 4 members (excludes halogenated alkanes) is 18. The first kappa shape index (κ1) is 34.7. The molecule has 0 heterocycles. The van der Waals surface area contributed by atoms with Crippen molar-refractivity contribution >= 4 is 0 Å². The number of ether oxygens (including phenoxy) is 2. The Bertz CT molecular complexity index is 660. The molecule has 1 N–H and O–H groups in total. The van der Waals surface area contributed by atoms with Gasteiger partial charge in [-0.2, -0.15) is 0 Å². The van der Waals surface area contributed by atoms with Crippen LogP contribution in [0.25, 0.3) is 0 Å². The highest BCUT2D eigenvalue weighted by molar-refractivity contribution is 5.16. The lowest BCUT2D eigenvalue weighted by molar-refractivity contribution is -0.264. The summed E-state index contributed by atoms with van der Waals surface area (Å²) in [6, 6.07) is 0. The number of hydrogen-bond acceptors (Lipinski definition) is 3. The van der Waals surface area contributed by atoms with E-state index in [1.165, 1.54) is 152 Å². The maximum atomic E-state index is 9.65. The third-order valence-corrected chi connectivity index (χ3v) is 12.4. The molecule has 0 spiro atoms. The first-order valence-electron chi connectivity index (χ1n) is 19.6. The summed E-state index contributed by atoms with van der Waals surface area (Å²) in [5.74, 6) is 8.19. The number of aliphatic hydroxyl groups excluding tert-OH is 1. The zero-order chi connectivity index (χ0) is 29.2. The molecule has 0 radical (unpaired) electrons. The van der Waals surface area contributed by atoms with Crippen LogP contribution in [-0.4, -0.2) is 37.6 Å². The van der Waals surface area contributed by atoms with Crippen LogP contribution in [0.3, 0.4) is 0 Å². The van der Waals surface area contributed by atoms with Gasteiger partial charge in [0.05, 0.1) is 13.2 Å². The zero-order valence-electron chi connectivity index (χ0n) is 28.1. The molecular formula is C39H72O3. The molecule has 0 saturated heterocycles. The first-order chi connectivity index (χ1) is 20.8. The molecular weight excluding hydrogens is 516 g/mol. The fourth-order valence-electron chi connectivity index (χ4n) is 9.75. The van der Waals surface area contributed by atoms with Gasteiger partial charge in [-0.25, -0.2) is 0 Å². The largest absolute Gasteiger partial charge is 0.394 e. The second kappa shape index (κ2) is 20.8. The van der Waals surface area contributed by atoms with Crippen LogP contribution in [-0.2, 0) is 9.47 Å². The van der Waals surface area contributed by atoms with Crippen LogP contribution in [0.2, 0.25) is 0 Å². The van der Waals surface area contributed by atoms with Crippen LogP contribution in [0.15, 0.2) is 0 Å². The van der Waals surface area contributed by atoms with Gasteiger partial charge in [-0.15, -0.1) is 0 Å². The Hall–Kier alpha value is -0.120. The molecule has 246 valence electrons. The molecule has 3 heteroatoms. The van der Waals surface area contributed by atoms with Crippen molar-refractivity contribution in [3.63, 3.8) is 0 Å². The molecule has 3 nitrogen and oxygen atoms in total. The second-order valence-electron chi connectivity index (χ2n) is 15.3. The summed E-state index contributed by atoms with van der Waals surface area (Å²) in [5.41, 5.74) is 0. The maximum Gasteiger partial charge on any atom is 0.104 e. The van der Waals surface area contributed by atoms with Gasteiger partial charge in [-0.05, 0) is 80.0 Å². The molecule has 4 aliphatic rings. The van der Waals surface area contributed by atoms with E-state index in [0.717, 1.165) is 37.9 Å². The van der Waals surface area contributed by atoms with E-state index in [-0.39, 0.29) is 12.7 Å². The highest BCUT2D eigenvalue weighted by atomic mass is 16.5. The van der Waals surface area contributed by atoms with Gasteiger partial charge in [0.25, 0.3) is 0 Å². The molecule has 0 aromatic rings. The summed E-state index contributed by atoms with van der Waals surface area (Å²) >= 11 is 0. The van der Waals surface area contributed by atoms with Crippen LogP contribution < -0.4 is 0 Å². The van der Waals surface area contributed by atoms with Crippen LogP contribution in [0.1, 0.15) is 174 Å². The fraction of sp³-hybridized carbons (Fsp3) is 1.00. The molecule has 0 aromatic heterocycles. The summed E-state index contributed by atoms with van der Waals surface area (Å²) < 4.78 is 11.7. The van der Waals surface area contributed by atoms with Crippen molar-refractivity contribution in [2.75, 3.05) is 26.4 Å². The van der Waals surface area contributed by atoms with Crippen molar-refractivity contribution in [3.8, 4) is 0 Å². The molecule has 4 saturated carbocycles. The monoisotopic (exact) mass is 589 g/mol. The predicted octanol–water partition coefficient (Wildman–Crippen LogP) is 10.9. The molecule has 0 amide bonds. The minimum atomic E-state index is -0.146. The van der Waals surface area contributed by atoms with E-state index in [2.05, 4.69) is 6.92 Å². The van der Waals surface area contributed by atoms with Crippen LogP contribution >= 0.6 is 0 Å². The number of rotatable bonds is 28. The average Bonchev–Trinajstić information content (AvgIpc) is 2.99. The Morgan fingerprint density at radius 3 is 1.60 bits per heavy atom. The van der Waals surface area contributed by atoms with Crippen molar-refractivity contribution in [2.24, 2.45) is 41.4 Å². The van der Waals surface area contributed by atoms with E-state index in [9.17, 15) is 5.11 Å². The van der Waals surface area contributed by atoms with Gasteiger partial charge in [0.1, 0.15) is 6.10 Å². The van der Waals surface area contributed by atoms with Crippen molar-refractivity contribution in [1.82, 2.24) is 0 Å². The molecule has 4 fully saturated rings. The third kappa shape index (κ3) is 11.0. The normalized spacial score (nSPS) is 30.0. The summed E-state index contributed by atoms with van der Waals surface area (Å²) in [5, 5.41) is 9.65. The Labute approximate surface area is 262 Å². The Balaban J connectivity index is 0.837. The van der Waals surface area contributed by atoms with Crippen molar-refractivity contribution in [2.45, 2.75) is 180 Å². The minimum absolute atomic E-state index is 0.0736. The fourth-order valence-corrected chi connectivity index (χ4v) is 9.75. The standard InChI is InChI=1S/C39H72O3/c1-2-3-4-5-6-7-8-9-10-11-12-14-17-20-27-41-31-33(30-40)42-28-21-18-15-13-16-19-22-32-23-24-36-37(29-32)39-35-26-25-34(35)38(36)39/h32-40H,2-31H2,1H3/t32?,33-,34?,35?,36?,37?,38?,39?/m0/s1. The molecule has 4 rings (SSSR count). The van der Waals surface area contributed by atoms with Crippen LogP contribution in [0.5, 0.6) is 0 Å². The van der Waals surface area contributed by atoms with Gasteiger partial charge in [-0.1, -0.05) is 135 Å². The lowest BCUT2D eigenvalue weighted by atomic mass is 9.30. The second-order valence-corrected chi connectivity index (χ2v) is 15.3. The summed E-state index contributed by atoms with van der Waals surface area (Å²) in [6.45, 7) is 4.48. The molecule has 42 heavy (non-hydrogen) atoms. The maximum absolute atomic E-state index is 9.65. The van der Waals surface area contributed by atoms with Crippen molar-refractivity contribution < 1.29 is 14.6 Å². The lowest BCUT2D eigenvalue weighted by Gasteiger charge is -2.74. The van der Waals surface area contributed by atoms with Gasteiger partial charge in [0.15, 0.2) is 0 Å². The number of hydrogen-bond donors (Lipinski definition) is 1. The molecule has 0 aliphatic heterocycles. The van der Waals surface area contributed by atoms with E-state index in [1.807, 2.05) is 0 Å². The van der Waals surface area contributed by atoms with Crippen LogP contribution in [0, 0.1) is 41.4 Å². The summed E-state index contributed by atoms with van der Waals surface area (Å²) in [7, 11) is 0. The topological polar surface area (TPSA) is 38.7 Å². The Kier molecular flexibility index (Phi) is 17.2. The van der Waals surface area contributed by atoms with E-state index >= 15 is 0 Å². The van der Waals surface area contributed by atoms with E-state index in [4.69, 9.17) is 9.47 Å². The average molecular weight is 589 g/mol. The summed E-state index contributed by atoms with van der Waals surface area (Å²) in [6.07, 6.45) is 36.6. The molecule has 8 atom stereocenters. The molecule has 0 bridgehead atoms. The smallest absolute Gasteiger partial charge is 0.104 e. The quantitative estimate of drug-likeness (QED) is 0.0924. The van der Waals surface area contributed by atoms with Gasteiger partial charge in [-0.3, -0.25) is 0 Å². The first-order valence-corrected chi connectivity index (χ1v) is 19.6. The SMILES string of the molecule is CCCCCCCCCCCCCCCCOC[C@H](CO)OCCCCCCCCC1CCC2C(C1)C1C3CCC3C21. The third-order valence-electron chi connectivity index (χ3n) is 12.4. The van der Waals surface area contributed by atoms with Gasteiger partial charge in [0, 0.05) is 13.2 Å². The van der Waals surface area contributed by atoms with Gasteiger partial charge >= 0.3 is 0 Å². The Morgan fingerprint density at radius 1 is 0.548 bits per heavy atom. The van der Waals surface area contributed by atoms with E-state index in [0.29, 0.717) is 6.61 Å². The highest BCUT2D eigenvalue weighted by Crippen LogP contribution is 2.74. The van der Waals surface area contributed by atoms with Crippen molar-refractivity contribution in [3.05, 3.63) is 0 Å². The highest BCUT2D eigenvalue weighted by Gasteiger charge is 2.68. The summed E-state index contributed by atoms with van der Waals surface area (Å²) in [4.78, 5) is 0. The van der Waals surface area contributed by atoms with Crippen molar-refractivity contribution in [1.29, 1.82) is 0 Å². The van der Waals surface area contributed by atoms with Gasteiger partial charge < -0.3 is 14.6 Å². The number of aliphatic hydroxyl groups is 1. The Morgan fingerprint density at radius 2 is 1.02 bits per heavy atom. The molecule has 0 aromatic carbocycles. The van der Waals surface area contributed by atoms with Crippen LogP contribution in [0.4, 0.5) is 0 Å². The van der Waals surface area contributed by atoms with E-state index in [1.54, 1.807) is 32.1 Å². The molecule has 4 aliphatic carbocycles. The van der Waals surface area contributed by atoms with Gasteiger partial charge in [0.2, 0.25) is 0 Å². The van der Waals surface area contributed by atoms with E-state index < -0.39 is 0 Å². The number of fused-ring (bicyclic) bond motifs is 7. The predicted molar refractivity (Wildman–Crippen MR) is 178 cm³/mol. The molecule has 7 unspecified atom stereocenters. The zero-order valence-corrected chi connectivity index (χ0v) is 28.1. The lowest BCUT2D eigenvalue weighted by Crippen LogP contribution is -2.69. The minimum Gasteiger partial charge on any atom is -0.394 e.